The van der Waals surface area contributed by atoms with Gasteiger partial charge in [-0.1, -0.05) is 6.07 Å². The maximum atomic E-state index is 6.02. The molecule has 2 N–H and O–H groups in total. The molecule has 0 radical (unpaired) electrons. The van der Waals surface area contributed by atoms with E-state index in [4.69, 9.17) is 10.5 Å². The largest absolute Gasteiger partial charge is 0.497 e. The summed E-state index contributed by atoms with van der Waals surface area (Å²) in [6.45, 7) is 0.829. The van der Waals surface area contributed by atoms with Gasteiger partial charge in [0.1, 0.15) is 5.75 Å². The molecule has 3 rings (SSSR count). The Morgan fingerprint density at radius 3 is 2.88 bits per heavy atom. The summed E-state index contributed by atoms with van der Waals surface area (Å²) in [6, 6.07) is 8.02. The van der Waals surface area contributed by atoms with E-state index in [-0.39, 0.29) is 5.54 Å². The second-order valence-corrected chi connectivity index (χ2v) is 4.79. The molecular weight excluding hydrogens is 214 g/mol. The lowest BCUT2D eigenvalue weighted by molar-refractivity contribution is 0.272. The number of ether oxygens (including phenoxy) is 1. The van der Waals surface area contributed by atoms with E-state index in [1.54, 1.807) is 7.11 Å². The fraction of sp³-hybridized carbons (Fsp3) is 0.462. The highest BCUT2D eigenvalue weighted by Crippen LogP contribution is 2.43. The summed E-state index contributed by atoms with van der Waals surface area (Å²) in [4.78, 5) is 6.58. The van der Waals surface area contributed by atoms with Crippen LogP contribution in [0, 0.1) is 0 Å². The van der Waals surface area contributed by atoms with Gasteiger partial charge in [0, 0.05) is 11.8 Å². The van der Waals surface area contributed by atoms with Crippen LogP contribution in [-0.2, 0) is 0 Å². The zero-order valence-corrected chi connectivity index (χ0v) is 10.0. The third kappa shape index (κ3) is 1.47. The molecule has 1 saturated carbocycles. The maximum Gasteiger partial charge on any atom is 0.196 e. The number of nitrogens with two attached hydrogens (primary N) is 1. The molecule has 0 amide bonds. The minimum atomic E-state index is 0.149. The van der Waals surface area contributed by atoms with Crippen molar-refractivity contribution in [2.45, 2.75) is 24.8 Å². The van der Waals surface area contributed by atoms with E-state index in [9.17, 15) is 0 Å². The van der Waals surface area contributed by atoms with E-state index in [0.717, 1.165) is 18.0 Å². The van der Waals surface area contributed by atoms with Crippen LogP contribution in [0.2, 0.25) is 0 Å². The average molecular weight is 231 g/mol. The zero-order valence-electron chi connectivity index (χ0n) is 10.0. The summed E-state index contributed by atoms with van der Waals surface area (Å²) in [5.74, 6) is 1.50. The van der Waals surface area contributed by atoms with Gasteiger partial charge in [0.15, 0.2) is 5.96 Å². The Bertz CT molecular complexity index is 465. The number of guanidine groups is 1. The molecule has 4 nitrogen and oxygen atoms in total. The number of hydrogen-bond acceptors (Lipinski definition) is 4. The van der Waals surface area contributed by atoms with Crippen molar-refractivity contribution < 1.29 is 4.74 Å². The Morgan fingerprint density at radius 2 is 2.24 bits per heavy atom. The van der Waals surface area contributed by atoms with Gasteiger partial charge in [-0.3, -0.25) is 4.99 Å². The van der Waals surface area contributed by atoms with Crippen molar-refractivity contribution in [3.8, 4) is 5.75 Å². The number of rotatable bonds is 2. The van der Waals surface area contributed by atoms with Gasteiger partial charge in [-0.25, -0.2) is 0 Å². The fourth-order valence-electron chi connectivity index (χ4n) is 2.73. The van der Waals surface area contributed by atoms with Gasteiger partial charge in [-0.2, -0.15) is 0 Å². The van der Waals surface area contributed by atoms with E-state index in [2.05, 4.69) is 16.0 Å². The molecule has 1 fully saturated rings. The van der Waals surface area contributed by atoms with Crippen molar-refractivity contribution >= 4 is 11.6 Å². The normalized spacial score (nSPS) is 21.2. The molecule has 1 spiro atoms. The van der Waals surface area contributed by atoms with E-state index in [1.807, 2.05) is 18.2 Å². The van der Waals surface area contributed by atoms with Crippen molar-refractivity contribution in [2.75, 3.05) is 18.6 Å². The molecule has 17 heavy (non-hydrogen) atoms. The number of anilines is 1. The van der Waals surface area contributed by atoms with Gasteiger partial charge in [0.05, 0.1) is 19.2 Å². The van der Waals surface area contributed by atoms with Crippen LogP contribution in [0.4, 0.5) is 5.69 Å². The number of aliphatic imine (C=N–C) groups is 1. The fourth-order valence-corrected chi connectivity index (χ4v) is 2.73. The van der Waals surface area contributed by atoms with E-state index in [0.29, 0.717) is 5.96 Å². The standard InChI is InChI=1S/C13H17N3O/c1-17-11-5-2-4-10(8-11)16-12(14)15-9-13(16)6-3-7-13/h2,4-5,8H,3,6-7,9H2,1H3,(H2,14,15). The summed E-state index contributed by atoms with van der Waals surface area (Å²) >= 11 is 0. The molecular formula is C13H17N3O. The Hall–Kier alpha value is -1.71. The lowest BCUT2D eigenvalue weighted by Crippen LogP contribution is -2.56. The molecule has 0 saturated heterocycles. The van der Waals surface area contributed by atoms with Crippen LogP contribution in [0.3, 0.4) is 0 Å². The van der Waals surface area contributed by atoms with E-state index in [1.165, 1.54) is 19.3 Å². The predicted molar refractivity (Wildman–Crippen MR) is 68.5 cm³/mol. The van der Waals surface area contributed by atoms with Crippen LogP contribution in [0.5, 0.6) is 5.75 Å². The van der Waals surface area contributed by atoms with Gasteiger partial charge in [0.2, 0.25) is 0 Å². The minimum Gasteiger partial charge on any atom is -0.497 e. The lowest BCUT2D eigenvalue weighted by Gasteiger charge is -2.46. The van der Waals surface area contributed by atoms with Crippen LogP contribution < -0.4 is 15.4 Å². The maximum absolute atomic E-state index is 6.02. The van der Waals surface area contributed by atoms with Crippen molar-refractivity contribution in [1.29, 1.82) is 0 Å². The van der Waals surface area contributed by atoms with Crippen LogP contribution in [0.1, 0.15) is 19.3 Å². The molecule has 0 atom stereocenters. The molecule has 0 bridgehead atoms. The van der Waals surface area contributed by atoms with Crippen molar-refractivity contribution in [2.24, 2.45) is 10.7 Å². The topological polar surface area (TPSA) is 50.9 Å². The highest BCUT2D eigenvalue weighted by Gasteiger charge is 2.47. The second kappa shape index (κ2) is 3.65. The third-order valence-electron chi connectivity index (χ3n) is 3.83. The first-order valence-corrected chi connectivity index (χ1v) is 5.99. The molecule has 1 aliphatic carbocycles. The molecule has 0 unspecified atom stereocenters. The van der Waals surface area contributed by atoms with Gasteiger partial charge in [-0.15, -0.1) is 0 Å². The molecule has 1 aliphatic heterocycles. The number of nitrogens with zero attached hydrogens (tertiary/aromatic N) is 2. The molecule has 1 heterocycles. The third-order valence-corrected chi connectivity index (χ3v) is 3.83. The smallest absolute Gasteiger partial charge is 0.196 e. The first-order valence-electron chi connectivity index (χ1n) is 5.99. The van der Waals surface area contributed by atoms with Crippen LogP contribution in [-0.4, -0.2) is 25.2 Å². The Balaban J connectivity index is 1.98. The predicted octanol–water partition coefficient (Wildman–Crippen LogP) is 1.75. The van der Waals surface area contributed by atoms with Crippen LogP contribution >= 0.6 is 0 Å². The molecule has 1 aromatic carbocycles. The summed E-state index contributed by atoms with van der Waals surface area (Å²) in [5.41, 5.74) is 7.26. The molecule has 2 aliphatic rings. The lowest BCUT2D eigenvalue weighted by atomic mass is 9.76. The number of methoxy groups -OCH3 is 1. The monoisotopic (exact) mass is 231 g/mol. The zero-order chi connectivity index (χ0) is 11.9. The molecule has 1 aromatic rings. The van der Waals surface area contributed by atoms with Crippen molar-refractivity contribution in [1.82, 2.24) is 0 Å². The Morgan fingerprint density at radius 1 is 1.41 bits per heavy atom. The Labute approximate surface area is 101 Å². The number of hydrogen-bond donors (Lipinski definition) is 1. The van der Waals surface area contributed by atoms with Crippen LogP contribution in [0.15, 0.2) is 29.3 Å². The van der Waals surface area contributed by atoms with Gasteiger partial charge >= 0.3 is 0 Å². The SMILES string of the molecule is COc1cccc(N2C(N)=NCC23CCC3)c1. The average Bonchev–Trinajstić information content (AvgIpc) is 2.67. The van der Waals surface area contributed by atoms with Gasteiger partial charge in [0.25, 0.3) is 0 Å². The first kappa shape index (κ1) is 10.4. The van der Waals surface area contributed by atoms with Crippen molar-refractivity contribution in [3.05, 3.63) is 24.3 Å². The summed E-state index contributed by atoms with van der Waals surface area (Å²) in [7, 11) is 1.68. The number of benzene rings is 1. The minimum absolute atomic E-state index is 0.149. The summed E-state index contributed by atoms with van der Waals surface area (Å²) < 4.78 is 5.26. The molecule has 4 heteroatoms. The second-order valence-electron chi connectivity index (χ2n) is 4.79. The van der Waals surface area contributed by atoms with Crippen LogP contribution in [0.25, 0.3) is 0 Å². The van der Waals surface area contributed by atoms with E-state index >= 15 is 0 Å². The van der Waals surface area contributed by atoms with E-state index < -0.39 is 0 Å². The highest BCUT2D eigenvalue weighted by molar-refractivity contribution is 5.98. The Kier molecular flexibility index (Phi) is 2.24. The quantitative estimate of drug-likeness (QED) is 0.843. The molecule has 0 aromatic heterocycles. The van der Waals surface area contributed by atoms with Gasteiger partial charge < -0.3 is 15.4 Å². The molecule has 90 valence electrons. The first-order chi connectivity index (χ1) is 8.25. The summed E-state index contributed by atoms with van der Waals surface area (Å²) in [6.07, 6.45) is 3.62. The van der Waals surface area contributed by atoms with Crippen molar-refractivity contribution in [3.63, 3.8) is 0 Å². The highest BCUT2D eigenvalue weighted by atomic mass is 16.5. The van der Waals surface area contributed by atoms with Gasteiger partial charge in [-0.05, 0) is 31.4 Å². The summed E-state index contributed by atoms with van der Waals surface area (Å²) in [5, 5.41) is 0.